The summed E-state index contributed by atoms with van der Waals surface area (Å²) in [5.41, 5.74) is 3.28. The molecule has 0 spiro atoms. The van der Waals surface area contributed by atoms with E-state index in [2.05, 4.69) is 15.8 Å². The molecular weight excluding hydrogens is 306 g/mol. The number of hydrogen-bond acceptors (Lipinski definition) is 6. The second kappa shape index (κ2) is 9.69. The molecule has 0 saturated carbocycles. The molecule has 1 atom stereocenters. The van der Waals surface area contributed by atoms with Gasteiger partial charge in [0.05, 0.1) is 18.8 Å². The minimum absolute atomic E-state index is 0.0545. The molecule has 0 saturated heterocycles. The predicted molar refractivity (Wildman–Crippen MR) is 84.7 cm³/mol. The van der Waals surface area contributed by atoms with E-state index in [1.165, 1.54) is 6.21 Å². The Labute approximate surface area is 134 Å². The van der Waals surface area contributed by atoms with Gasteiger partial charge in [-0.2, -0.15) is 5.10 Å². The molecule has 7 nitrogen and oxygen atoms in total. The Bertz CT molecular complexity index is 537. The van der Waals surface area contributed by atoms with Crippen molar-refractivity contribution < 1.29 is 19.4 Å². The summed E-state index contributed by atoms with van der Waals surface area (Å²) < 4.78 is 10.1. The van der Waals surface area contributed by atoms with Crippen LogP contribution in [0.3, 0.4) is 0 Å². The van der Waals surface area contributed by atoms with E-state index in [0.717, 1.165) is 0 Å². The molecule has 22 heavy (non-hydrogen) atoms. The van der Waals surface area contributed by atoms with E-state index in [4.69, 9.17) is 21.7 Å². The maximum Gasteiger partial charge on any atom is 0.187 e. The SMILES string of the molecule is COC[C@H](C)NC(=S)N/N=C\c1ccccc1OCC(=O)[O-]. The Balaban J connectivity index is 2.55. The van der Waals surface area contributed by atoms with Crippen LogP contribution in [-0.2, 0) is 9.53 Å². The zero-order valence-corrected chi connectivity index (χ0v) is 13.2. The van der Waals surface area contributed by atoms with Gasteiger partial charge in [-0.15, -0.1) is 0 Å². The molecule has 1 aromatic rings. The van der Waals surface area contributed by atoms with Crippen LogP contribution < -0.4 is 20.6 Å². The number of nitrogens with zero attached hydrogens (tertiary/aromatic N) is 1. The number of carboxylic acids is 1. The van der Waals surface area contributed by atoms with Gasteiger partial charge in [0.1, 0.15) is 12.4 Å². The van der Waals surface area contributed by atoms with Crippen molar-refractivity contribution >= 4 is 29.5 Å². The number of thiocarbonyl (C=S) groups is 1. The third-order valence-corrected chi connectivity index (χ3v) is 2.64. The van der Waals surface area contributed by atoms with Crippen LogP contribution in [0.15, 0.2) is 29.4 Å². The van der Waals surface area contributed by atoms with Gasteiger partial charge in [0.15, 0.2) is 5.11 Å². The van der Waals surface area contributed by atoms with Crippen LogP contribution in [-0.4, -0.2) is 43.7 Å². The molecule has 0 unspecified atom stereocenters. The number of rotatable bonds is 8. The zero-order chi connectivity index (χ0) is 16.4. The zero-order valence-electron chi connectivity index (χ0n) is 12.4. The van der Waals surface area contributed by atoms with E-state index in [0.29, 0.717) is 23.0 Å². The molecular formula is C14H18N3O4S-. The number of methoxy groups -OCH3 is 1. The van der Waals surface area contributed by atoms with Crippen LogP contribution in [0.1, 0.15) is 12.5 Å². The van der Waals surface area contributed by atoms with Gasteiger partial charge in [0, 0.05) is 18.7 Å². The Morgan fingerprint density at radius 2 is 2.23 bits per heavy atom. The van der Waals surface area contributed by atoms with E-state index in [9.17, 15) is 9.90 Å². The number of carbonyl (C=O) groups is 1. The number of para-hydroxylation sites is 1. The molecule has 1 rings (SSSR count). The third-order valence-electron chi connectivity index (χ3n) is 2.43. The lowest BCUT2D eigenvalue weighted by Crippen LogP contribution is -2.40. The van der Waals surface area contributed by atoms with Gasteiger partial charge in [-0.3, -0.25) is 5.43 Å². The molecule has 0 aliphatic carbocycles. The predicted octanol–water partition coefficient (Wildman–Crippen LogP) is -0.352. The lowest BCUT2D eigenvalue weighted by molar-refractivity contribution is -0.307. The van der Waals surface area contributed by atoms with Crippen molar-refractivity contribution in [2.24, 2.45) is 5.10 Å². The maximum absolute atomic E-state index is 10.4. The van der Waals surface area contributed by atoms with Gasteiger partial charge in [-0.1, -0.05) is 12.1 Å². The number of nitrogens with one attached hydrogen (secondary N) is 2. The van der Waals surface area contributed by atoms with Crippen molar-refractivity contribution in [2.75, 3.05) is 20.3 Å². The normalized spacial score (nSPS) is 11.9. The molecule has 0 amide bonds. The van der Waals surface area contributed by atoms with Gasteiger partial charge in [0.2, 0.25) is 0 Å². The Morgan fingerprint density at radius 3 is 2.91 bits per heavy atom. The summed E-state index contributed by atoms with van der Waals surface area (Å²) in [5.74, 6) is -0.897. The van der Waals surface area contributed by atoms with Gasteiger partial charge in [0.25, 0.3) is 0 Å². The Kier molecular flexibility index (Phi) is 7.87. The van der Waals surface area contributed by atoms with Crippen LogP contribution in [0.2, 0.25) is 0 Å². The lowest BCUT2D eigenvalue weighted by Gasteiger charge is -2.14. The van der Waals surface area contributed by atoms with Crippen LogP contribution in [0, 0.1) is 0 Å². The fourth-order valence-corrected chi connectivity index (χ4v) is 1.82. The highest BCUT2D eigenvalue weighted by Gasteiger charge is 2.03. The van der Waals surface area contributed by atoms with Gasteiger partial charge in [-0.05, 0) is 31.3 Å². The van der Waals surface area contributed by atoms with Crippen molar-refractivity contribution in [3.05, 3.63) is 29.8 Å². The van der Waals surface area contributed by atoms with E-state index >= 15 is 0 Å². The monoisotopic (exact) mass is 324 g/mol. The summed E-state index contributed by atoms with van der Waals surface area (Å²) >= 11 is 5.07. The molecule has 0 aliphatic rings. The Morgan fingerprint density at radius 1 is 1.50 bits per heavy atom. The van der Waals surface area contributed by atoms with Gasteiger partial charge >= 0.3 is 0 Å². The average molecular weight is 324 g/mol. The molecule has 0 fully saturated rings. The molecule has 8 heteroatoms. The topological polar surface area (TPSA) is 95.0 Å². The summed E-state index contributed by atoms with van der Waals surface area (Å²) in [6.45, 7) is 1.92. The van der Waals surface area contributed by atoms with Crippen molar-refractivity contribution in [2.45, 2.75) is 13.0 Å². The van der Waals surface area contributed by atoms with Crippen LogP contribution in [0.4, 0.5) is 0 Å². The van der Waals surface area contributed by atoms with Crippen LogP contribution >= 0.6 is 12.2 Å². The fourth-order valence-electron chi connectivity index (χ4n) is 1.56. The largest absolute Gasteiger partial charge is 0.546 e. The second-order valence-electron chi connectivity index (χ2n) is 4.40. The maximum atomic E-state index is 10.4. The summed E-state index contributed by atoms with van der Waals surface area (Å²) in [6.07, 6.45) is 1.49. The molecule has 0 aromatic heterocycles. The molecule has 0 bridgehead atoms. The molecule has 0 radical (unpaired) electrons. The van der Waals surface area contributed by atoms with E-state index < -0.39 is 12.6 Å². The first-order valence-electron chi connectivity index (χ1n) is 6.53. The lowest BCUT2D eigenvalue weighted by atomic mass is 10.2. The number of ether oxygens (including phenoxy) is 2. The van der Waals surface area contributed by atoms with Crippen molar-refractivity contribution in [3.63, 3.8) is 0 Å². The first-order chi connectivity index (χ1) is 10.5. The average Bonchev–Trinajstić information content (AvgIpc) is 2.46. The molecule has 1 aromatic carbocycles. The number of hydrazone groups is 1. The van der Waals surface area contributed by atoms with Gasteiger partial charge < -0.3 is 24.7 Å². The number of hydrogen-bond donors (Lipinski definition) is 2. The number of aliphatic carboxylic acids is 1. The van der Waals surface area contributed by atoms with E-state index in [1.807, 2.05) is 6.92 Å². The summed E-state index contributed by atoms with van der Waals surface area (Å²) in [6, 6.07) is 6.94. The highest BCUT2D eigenvalue weighted by Crippen LogP contribution is 2.15. The number of carboxylic acid groups (broad SMARTS) is 1. The highest BCUT2D eigenvalue weighted by atomic mass is 32.1. The van der Waals surface area contributed by atoms with Gasteiger partial charge in [-0.25, -0.2) is 0 Å². The first-order valence-corrected chi connectivity index (χ1v) is 6.94. The summed E-state index contributed by atoms with van der Waals surface area (Å²) in [4.78, 5) is 10.4. The minimum Gasteiger partial charge on any atom is -0.546 e. The van der Waals surface area contributed by atoms with E-state index in [-0.39, 0.29) is 6.04 Å². The van der Waals surface area contributed by atoms with Crippen molar-refractivity contribution in [3.8, 4) is 5.75 Å². The standard InChI is InChI=1S/C14H19N3O4S/c1-10(8-20-2)16-14(22)17-15-7-11-5-3-4-6-12(11)21-9-13(18)19/h3-7,10H,8-9H2,1-2H3,(H,18,19)(H2,16,17,22)/p-1/b15-7-/t10-/m0/s1. The van der Waals surface area contributed by atoms with Crippen LogP contribution in [0.25, 0.3) is 0 Å². The smallest absolute Gasteiger partial charge is 0.187 e. The molecule has 120 valence electrons. The second-order valence-corrected chi connectivity index (χ2v) is 4.81. The minimum atomic E-state index is -1.29. The Hall–Kier alpha value is -2.19. The molecule has 0 heterocycles. The quantitative estimate of drug-likeness (QED) is 0.383. The summed E-state index contributed by atoms with van der Waals surface area (Å²) in [7, 11) is 1.61. The molecule has 0 aliphatic heterocycles. The fraction of sp³-hybridized carbons (Fsp3) is 0.357. The van der Waals surface area contributed by atoms with E-state index in [1.54, 1.807) is 31.4 Å². The van der Waals surface area contributed by atoms with Crippen molar-refractivity contribution in [1.29, 1.82) is 0 Å². The van der Waals surface area contributed by atoms with Crippen molar-refractivity contribution in [1.82, 2.24) is 10.7 Å². The number of benzene rings is 1. The molecule has 2 N–H and O–H groups in total. The number of carbonyl (C=O) groups excluding carboxylic acids is 1. The third kappa shape index (κ3) is 7.00. The first kappa shape index (κ1) is 17.9. The highest BCUT2D eigenvalue weighted by molar-refractivity contribution is 7.80. The van der Waals surface area contributed by atoms with Crippen LogP contribution in [0.5, 0.6) is 5.75 Å². The summed E-state index contributed by atoms with van der Waals surface area (Å²) in [5, 5.41) is 17.7.